The van der Waals surface area contributed by atoms with Crippen LogP contribution in [0.15, 0.2) is 23.1 Å². The molecule has 9 heteroatoms. The fraction of sp³-hybridized carbons (Fsp3) is 0.571. The van der Waals surface area contributed by atoms with Crippen molar-refractivity contribution in [1.82, 2.24) is 4.31 Å². The van der Waals surface area contributed by atoms with Crippen molar-refractivity contribution in [2.75, 3.05) is 32.3 Å². The Bertz CT molecular complexity index is 772. The molecule has 1 aromatic carbocycles. The summed E-state index contributed by atoms with van der Waals surface area (Å²) in [4.78, 5) is 0.0568. The predicted molar refractivity (Wildman–Crippen MR) is 86.2 cm³/mol. The molecule has 1 saturated heterocycles. The molecule has 0 radical (unpaired) electrons. The Morgan fingerprint density at radius 3 is 2.35 bits per heavy atom. The Kier molecular flexibility index (Phi) is 5.22. The molecule has 1 aliphatic rings. The monoisotopic (exact) mass is 363 g/mol. The molecule has 1 heterocycles. The standard InChI is InChI=1S/C14H21NO6S2/c1-4-15(11-7-8-22(16,17)10-11)23(18,19)12-5-6-13(20-2)14(9-12)21-3/h5-6,9,11H,4,7-8,10H2,1-3H3/t11-/m0/s1. The second-order valence-electron chi connectivity index (χ2n) is 5.28. The van der Waals surface area contributed by atoms with Gasteiger partial charge in [0.1, 0.15) is 0 Å². The summed E-state index contributed by atoms with van der Waals surface area (Å²) in [6, 6.07) is 3.82. The van der Waals surface area contributed by atoms with Crippen molar-refractivity contribution in [3.8, 4) is 11.5 Å². The first-order valence-electron chi connectivity index (χ1n) is 7.19. The average molecular weight is 363 g/mol. The minimum absolute atomic E-state index is 0.0234. The van der Waals surface area contributed by atoms with E-state index >= 15 is 0 Å². The molecule has 0 aliphatic carbocycles. The summed E-state index contributed by atoms with van der Waals surface area (Å²) in [5.41, 5.74) is 0. The van der Waals surface area contributed by atoms with Crippen molar-refractivity contribution in [2.45, 2.75) is 24.3 Å². The lowest BCUT2D eigenvalue weighted by atomic mass is 10.3. The molecule has 0 saturated carbocycles. The van der Waals surface area contributed by atoms with E-state index in [0.29, 0.717) is 17.9 Å². The van der Waals surface area contributed by atoms with E-state index in [4.69, 9.17) is 9.47 Å². The van der Waals surface area contributed by atoms with Gasteiger partial charge in [0.2, 0.25) is 10.0 Å². The van der Waals surface area contributed by atoms with E-state index in [1.54, 1.807) is 6.92 Å². The van der Waals surface area contributed by atoms with Gasteiger partial charge in [-0.15, -0.1) is 0 Å². The summed E-state index contributed by atoms with van der Waals surface area (Å²) in [6.07, 6.45) is 0.322. The smallest absolute Gasteiger partial charge is 0.243 e. The predicted octanol–water partition coefficient (Wildman–Crippen LogP) is 0.902. The lowest BCUT2D eigenvalue weighted by Gasteiger charge is -2.26. The van der Waals surface area contributed by atoms with Crippen LogP contribution in [0, 0.1) is 0 Å². The number of hydrogen-bond acceptors (Lipinski definition) is 6. The highest BCUT2D eigenvalue weighted by Gasteiger charge is 2.38. The Balaban J connectivity index is 2.40. The second-order valence-corrected chi connectivity index (χ2v) is 9.40. The SMILES string of the molecule is CCN([C@H]1CCS(=O)(=O)C1)S(=O)(=O)c1ccc(OC)c(OC)c1. The van der Waals surface area contributed by atoms with E-state index < -0.39 is 25.9 Å². The van der Waals surface area contributed by atoms with Crippen LogP contribution < -0.4 is 9.47 Å². The number of methoxy groups -OCH3 is 2. The fourth-order valence-electron chi connectivity index (χ4n) is 2.74. The van der Waals surface area contributed by atoms with Crippen LogP contribution >= 0.6 is 0 Å². The van der Waals surface area contributed by atoms with E-state index in [1.807, 2.05) is 0 Å². The molecule has 0 N–H and O–H groups in total. The second kappa shape index (κ2) is 6.66. The van der Waals surface area contributed by atoms with E-state index in [1.165, 1.54) is 36.7 Å². The maximum Gasteiger partial charge on any atom is 0.243 e. The third-order valence-electron chi connectivity index (χ3n) is 3.89. The highest BCUT2D eigenvalue weighted by Crippen LogP contribution is 2.32. The molecule has 1 atom stereocenters. The van der Waals surface area contributed by atoms with E-state index in [9.17, 15) is 16.8 Å². The number of sulfonamides is 1. The maximum atomic E-state index is 12.9. The van der Waals surface area contributed by atoms with E-state index in [-0.39, 0.29) is 22.9 Å². The zero-order valence-electron chi connectivity index (χ0n) is 13.4. The summed E-state index contributed by atoms with van der Waals surface area (Å²) < 4.78 is 60.5. The molecule has 1 aliphatic heterocycles. The third kappa shape index (κ3) is 3.61. The summed E-state index contributed by atoms with van der Waals surface area (Å²) in [5, 5.41) is 0. The molecule has 0 unspecified atom stereocenters. The van der Waals surface area contributed by atoms with E-state index in [0.717, 1.165) is 0 Å². The third-order valence-corrected chi connectivity index (χ3v) is 7.66. The lowest BCUT2D eigenvalue weighted by Crippen LogP contribution is -2.40. The fourth-order valence-corrected chi connectivity index (χ4v) is 6.24. The zero-order chi connectivity index (χ0) is 17.3. The van der Waals surface area contributed by atoms with Gasteiger partial charge in [0, 0.05) is 18.7 Å². The van der Waals surface area contributed by atoms with Crippen LogP contribution in [-0.4, -0.2) is 59.5 Å². The number of benzene rings is 1. The summed E-state index contributed by atoms with van der Waals surface area (Å²) in [7, 11) is -4.08. The van der Waals surface area contributed by atoms with Gasteiger partial charge in [-0.3, -0.25) is 0 Å². The molecular weight excluding hydrogens is 342 g/mol. The summed E-state index contributed by atoms with van der Waals surface area (Å²) >= 11 is 0. The number of rotatable bonds is 6. The molecule has 23 heavy (non-hydrogen) atoms. The molecule has 0 aromatic heterocycles. The Morgan fingerprint density at radius 2 is 1.87 bits per heavy atom. The largest absolute Gasteiger partial charge is 0.493 e. The first-order chi connectivity index (χ1) is 10.7. The normalized spacial score (nSPS) is 20.6. The summed E-state index contributed by atoms with van der Waals surface area (Å²) in [5.74, 6) is 0.629. The van der Waals surface area contributed by atoms with Gasteiger partial charge in [-0.25, -0.2) is 16.8 Å². The van der Waals surface area contributed by atoms with Crippen molar-refractivity contribution >= 4 is 19.9 Å². The van der Waals surface area contributed by atoms with Crippen LogP contribution in [0.5, 0.6) is 11.5 Å². The Labute approximate surface area is 137 Å². The van der Waals surface area contributed by atoms with E-state index in [2.05, 4.69) is 0 Å². The van der Waals surface area contributed by atoms with Crippen LogP contribution in [0.1, 0.15) is 13.3 Å². The molecule has 0 bridgehead atoms. The number of hydrogen-bond donors (Lipinski definition) is 0. The summed E-state index contributed by atoms with van der Waals surface area (Å²) in [6.45, 7) is 1.90. The molecular formula is C14H21NO6S2. The van der Waals surface area contributed by atoms with Gasteiger partial charge in [0.25, 0.3) is 0 Å². The molecule has 1 aromatic rings. The molecule has 0 amide bonds. The van der Waals surface area contributed by atoms with Crippen molar-refractivity contribution in [1.29, 1.82) is 0 Å². The van der Waals surface area contributed by atoms with Gasteiger partial charge in [0.15, 0.2) is 21.3 Å². The van der Waals surface area contributed by atoms with Crippen molar-refractivity contribution in [2.24, 2.45) is 0 Å². The highest BCUT2D eigenvalue weighted by molar-refractivity contribution is 7.92. The van der Waals surface area contributed by atoms with Crippen LogP contribution in [0.2, 0.25) is 0 Å². The Hall–Kier alpha value is -1.32. The van der Waals surface area contributed by atoms with Crippen molar-refractivity contribution in [3.63, 3.8) is 0 Å². The molecule has 7 nitrogen and oxygen atoms in total. The molecule has 0 spiro atoms. The van der Waals surface area contributed by atoms with Crippen molar-refractivity contribution < 1.29 is 26.3 Å². The average Bonchev–Trinajstić information content (AvgIpc) is 2.86. The van der Waals surface area contributed by atoms with Crippen molar-refractivity contribution in [3.05, 3.63) is 18.2 Å². The number of sulfone groups is 1. The van der Waals surface area contributed by atoms with Crippen LogP contribution in [0.4, 0.5) is 0 Å². The lowest BCUT2D eigenvalue weighted by molar-refractivity contribution is 0.348. The topological polar surface area (TPSA) is 90.0 Å². The zero-order valence-corrected chi connectivity index (χ0v) is 15.0. The van der Waals surface area contributed by atoms with Crippen LogP contribution in [0.3, 0.4) is 0 Å². The first-order valence-corrected chi connectivity index (χ1v) is 10.5. The van der Waals surface area contributed by atoms with Crippen LogP contribution in [-0.2, 0) is 19.9 Å². The van der Waals surface area contributed by atoms with Gasteiger partial charge in [0.05, 0.1) is 30.6 Å². The van der Waals surface area contributed by atoms with Gasteiger partial charge in [-0.05, 0) is 18.6 Å². The molecule has 1 fully saturated rings. The maximum absolute atomic E-state index is 12.9. The molecule has 130 valence electrons. The van der Waals surface area contributed by atoms with Gasteiger partial charge in [-0.1, -0.05) is 6.92 Å². The van der Waals surface area contributed by atoms with Gasteiger partial charge >= 0.3 is 0 Å². The number of ether oxygens (including phenoxy) is 2. The van der Waals surface area contributed by atoms with Gasteiger partial charge in [-0.2, -0.15) is 4.31 Å². The molecule has 2 rings (SSSR count). The van der Waals surface area contributed by atoms with Gasteiger partial charge < -0.3 is 9.47 Å². The Morgan fingerprint density at radius 1 is 1.22 bits per heavy atom. The minimum atomic E-state index is -3.81. The quantitative estimate of drug-likeness (QED) is 0.746. The number of nitrogens with zero attached hydrogens (tertiary/aromatic N) is 1. The van der Waals surface area contributed by atoms with Crippen LogP contribution in [0.25, 0.3) is 0 Å². The highest BCUT2D eigenvalue weighted by atomic mass is 32.2. The first kappa shape index (κ1) is 18.0. The minimum Gasteiger partial charge on any atom is -0.493 e.